The lowest BCUT2D eigenvalue weighted by molar-refractivity contribution is -0.113. The SMILES string of the molecule is O=C(CSc1nnc(-c2c[nH]c3ccccc23)n1C1CC1)Nc1ccc(CN2CCOCC2)cc1. The van der Waals surface area contributed by atoms with E-state index >= 15 is 0 Å². The van der Waals surface area contributed by atoms with Crippen molar-refractivity contribution in [1.29, 1.82) is 0 Å². The molecule has 1 amide bonds. The van der Waals surface area contributed by atoms with Crippen LogP contribution in [0, 0.1) is 0 Å². The van der Waals surface area contributed by atoms with E-state index in [0.717, 1.165) is 78.8 Å². The van der Waals surface area contributed by atoms with Gasteiger partial charge in [-0.15, -0.1) is 10.2 Å². The first kappa shape index (κ1) is 22.3. The number of nitrogens with one attached hydrogen (secondary N) is 2. The maximum atomic E-state index is 12.7. The Hall–Kier alpha value is -3.14. The first-order valence-electron chi connectivity index (χ1n) is 12.1. The molecule has 35 heavy (non-hydrogen) atoms. The van der Waals surface area contributed by atoms with E-state index < -0.39 is 0 Å². The third-order valence-electron chi connectivity index (χ3n) is 6.49. The normalized spacial score (nSPS) is 16.6. The van der Waals surface area contributed by atoms with Crippen molar-refractivity contribution in [3.8, 4) is 11.4 Å². The van der Waals surface area contributed by atoms with Crippen molar-refractivity contribution in [2.24, 2.45) is 0 Å². The highest BCUT2D eigenvalue weighted by atomic mass is 32.2. The Kier molecular flexibility index (Phi) is 6.28. The van der Waals surface area contributed by atoms with E-state index in [9.17, 15) is 4.79 Å². The van der Waals surface area contributed by atoms with E-state index in [2.05, 4.69) is 54.2 Å². The molecule has 2 aromatic carbocycles. The van der Waals surface area contributed by atoms with Gasteiger partial charge < -0.3 is 15.0 Å². The van der Waals surface area contributed by atoms with Gasteiger partial charge in [0.05, 0.1) is 19.0 Å². The zero-order chi connectivity index (χ0) is 23.6. The number of para-hydroxylation sites is 1. The topological polar surface area (TPSA) is 88.1 Å². The van der Waals surface area contributed by atoms with Crippen LogP contribution in [-0.4, -0.2) is 62.6 Å². The maximum absolute atomic E-state index is 12.7. The quantitative estimate of drug-likeness (QED) is 0.359. The van der Waals surface area contributed by atoms with Crippen LogP contribution in [0.5, 0.6) is 0 Å². The van der Waals surface area contributed by atoms with Crippen molar-refractivity contribution < 1.29 is 9.53 Å². The first-order valence-corrected chi connectivity index (χ1v) is 13.1. The number of fused-ring (bicyclic) bond motifs is 1. The van der Waals surface area contributed by atoms with Crippen LogP contribution in [-0.2, 0) is 16.1 Å². The number of aromatic nitrogens is 4. The molecule has 2 aromatic heterocycles. The Morgan fingerprint density at radius 2 is 1.89 bits per heavy atom. The molecule has 0 bridgehead atoms. The molecular weight excluding hydrogens is 460 g/mol. The summed E-state index contributed by atoms with van der Waals surface area (Å²) < 4.78 is 7.62. The van der Waals surface area contributed by atoms with Crippen LogP contribution in [0.2, 0.25) is 0 Å². The fraction of sp³-hybridized carbons (Fsp3) is 0.346. The van der Waals surface area contributed by atoms with Crippen LogP contribution in [0.1, 0.15) is 24.4 Å². The van der Waals surface area contributed by atoms with Gasteiger partial charge in [-0.1, -0.05) is 42.1 Å². The second kappa shape index (κ2) is 9.85. The Morgan fingerprint density at radius 3 is 2.69 bits per heavy atom. The second-order valence-electron chi connectivity index (χ2n) is 9.08. The first-order chi connectivity index (χ1) is 17.2. The number of carbonyl (C=O) groups is 1. The average Bonchev–Trinajstić information content (AvgIpc) is 3.50. The summed E-state index contributed by atoms with van der Waals surface area (Å²) in [4.78, 5) is 18.4. The molecule has 0 unspecified atom stereocenters. The standard InChI is InChI=1S/C26H28N6O2S/c33-24(28-19-7-5-18(6-8-19)16-31-11-13-34-14-12-31)17-35-26-30-29-25(32(26)20-9-10-20)22-15-27-23-4-2-1-3-21(22)23/h1-8,15,20,27H,9-14,16-17H2,(H,28,33). The van der Waals surface area contributed by atoms with Gasteiger partial charge in [-0.25, -0.2) is 0 Å². The number of hydrogen-bond donors (Lipinski definition) is 2. The smallest absolute Gasteiger partial charge is 0.234 e. The molecule has 6 rings (SSSR count). The highest BCUT2D eigenvalue weighted by molar-refractivity contribution is 7.99. The summed E-state index contributed by atoms with van der Waals surface area (Å²) in [5.41, 5.74) is 4.18. The molecule has 8 nitrogen and oxygen atoms in total. The van der Waals surface area contributed by atoms with Gasteiger partial charge in [-0.3, -0.25) is 14.3 Å². The number of hydrogen-bond acceptors (Lipinski definition) is 6. The zero-order valence-electron chi connectivity index (χ0n) is 19.4. The second-order valence-corrected chi connectivity index (χ2v) is 10.0. The van der Waals surface area contributed by atoms with Gasteiger partial charge in [-0.05, 0) is 36.6 Å². The summed E-state index contributed by atoms with van der Waals surface area (Å²) in [5, 5.41) is 13.9. The van der Waals surface area contributed by atoms with Gasteiger partial charge in [0.25, 0.3) is 0 Å². The predicted octanol–water partition coefficient (Wildman–Crippen LogP) is 4.32. The number of rotatable bonds is 8. The fourth-order valence-electron chi connectivity index (χ4n) is 4.52. The molecule has 2 fully saturated rings. The number of thioether (sulfide) groups is 1. The molecule has 0 spiro atoms. The highest BCUT2D eigenvalue weighted by Crippen LogP contribution is 2.42. The third kappa shape index (κ3) is 4.98. The number of nitrogens with zero attached hydrogens (tertiary/aromatic N) is 4. The molecule has 1 saturated carbocycles. The van der Waals surface area contributed by atoms with Gasteiger partial charge in [0.15, 0.2) is 11.0 Å². The fourth-order valence-corrected chi connectivity index (χ4v) is 5.32. The van der Waals surface area contributed by atoms with Crippen LogP contribution >= 0.6 is 11.8 Å². The van der Waals surface area contributed by atoms with Gasteiger partial charge in [-0.2, -0.15) is 0 Å². The zero-order valence-corrected chi connectivity index (χ0v) is 20.3. The molecular formula is C26H28N6O2S. The molecule has 3 heterocycles. The van der Waals surface area contributed by atoms with Crippen molar-refractivity contribution in [2.45, 2.75) is 30.6 Å². The lowest BCUT2D eigenvalue weighted by Crippen LogP contribution is -2.35. The lowest BCUT2D eigenvalue weighted by Gasteiger charge is -2.26. The number of benzene rings is 2. The summed E-state index contributed by atoms with van der Waals surface area (Å²) in [6, 6.07) is 16.7. The molecule has 0 radical (unpaired) electrons. The largest absolute Gasteiger partial charge is 0.379 e. The molecule has 1 aliphatic heterocycles. The van der Waals surface area contributed by atoms with Crippen LogP contribution in [0.25, 0.3) is 22.3 Å². The lowest BCUT2D eigenvalue weighted by atomic mass is 10.1. The van der Waals surface area contributed by atoms with Crippen LogP contribution < -0.4 is 5.32 Å². The van der Waals surface area contributed by atoms with E-state index in [1.807, 2.05) is 30.5 Å². The molecule has 180 valence electrons. The minimum absolute atomic E-state index is 0.0464. The summed E-state index contributed by atoms with van der Waals surface area (Å²) in [6.07, 6.45) is 4.23. The molecule has 2 N–H and O–H groups in total. The van der Waals surface area contributed by atoms with Crippen LogP contribution in [0.4, 0.5) is 5.69 Å². The van der Waals surface area contributed by atoms with E-state index in [4.69, 9.17) is 4.74 Å². The number of amides is 1. The van der Waals surface area contributed by atoms with Crippen molar-refractivity contribution in [3.05, 3.63) is 60.3 Å². The number of ether oxygens (including phenoxy) is 1. The maximum Gasteiger partial charge on any atom is 0.234 e. The molecule has 2 aliphatic rings. The Balaban J connectivity index is 1.10. The minimum Gasteiger partial charge on any atom is -0.379 e. The Morgan fingerprint density at radius 1 is 1.09 bits per heavy atom. The highest BCUT2D eigenvalue weighted by Gasteiger charge is 2.31. The minimum atomic E-state index is -0.0464. The average molecular weight is 489 g/mol. The number of carbonyl (C=O) groups excluding carboxylic acids is 1. The van der Waals surface area contributed by atoms with Crippen molar-refractivity contribution in [1.82, 2.24) is 24.6 Å². The summed E-state index contributed by atoms with van der Waals surface area (Å²) >= 11 is 1.44. The van der Waals surface area contributed by atoms with Crippen molar-refractivity contribution in [3.63, 3.8) is 0 Å². The molecule has 1 aliphatic carbocycles. The van der Waals surface area contributed by atoms with Gasteiger partial charge in [0.1, 0.15) is 0 Å². The summed E-state index contributed by atoms with van der Waals surface area (Å²) in [7, 11) is 0. The van der Waals surface area contributed by atoms with Crippen LogP contribution in [0.3, 0.4) is 0 Å². The van der Waals surface area contributed by atoms with E-state index in [1.165, 1.54) is 17.3 Å². The third-order valence-corrected chi connectivity index (χ3v) is 7.43. The molecule has 4 aromatic rings. The van der Waals surface area contributed by atoms with E-state index in [-0.39, 0.29) is 11.7 Å². The summed E-state index contributed by atoms with van der Waals surface area (Å²) in [5.74, 6) is 1.10. The number of aromatic amines is 1. The number of anilines is 1. The van der Waals surface area contributed by atoms with E-state index in [0.29, 0.717) is 6.04 Å². The molecule has 1 saturated heterocycles. The van der Waals surface area contributed by atoms with E-state index in [1.54, 1.807) is 0 Å². The Labute approximate surface area is 208 Å². The molecule has 0 atom stereocenters. The molecule has 9 heteroatoms. The monoisotopic (exact) mass is 488 g/mol. The van der Waals surface area contributed by atoms with Gasteiger partial charge in [0.2, 0.25) is 5.91 Å². The Bertz CT molecular complexity index is 1320. The van der Waals surface area contributed by atoms with Crippen molar-refractivity contribution in [2.75, 3.05) is 37.4 Å². The number of H-pyrrole nitrogens is 1. The van der Waals surface area contributed by atoms with Gasteiger partial charge in [0, 0.05) is 54.0 Å². The van der Waals surface area contributed by atoms with Crippen LogP contribution in [0.15, 0.2) is 59.9 Å². The number of morpholine rings is 1. The van der Waals surface area contributed by atoms with Gasteiger partial charge >= 0.3 is 0 Å². The predicted molar refractivity (Wildman–Crippen MR) is 137 cm³/mol. The van der Waals surface area contributed by atoms with Crippen molar-refractivity contribution >= 4 is 34.3 Å². The summed E-state index contributed by atoms with van der Waals surface area (Å²) in [6.45, 7) is 4.42.